The number of esters is 1. The number of aromatic nitrogens is 1. The van der Waals surface area contributed by atoms with Crippen LogP contribution in [-0.2, 0) is 9.53 Å². The minimum atomic E-state index is -0.360. The largest absolute Gasteiger partial charge is 0.463 e. The van der Waals surface area contributed by atoms with E-state index >= 15 is 0 Å². The average Bonchev–Trinajstić information content (AvgIpc) is 2.71. The molecule has 0 aromatic carbocycles. The highest BCUT2D eigenvalue weighted by atomic mass is 35.5. The molecule has 0 unspecified atom stereocenters. The fourth-order valence-corrected chi connectivity index (χ4v) is 4.42. The lowest BCUT2D eigenvalue weighted by Crippen LogP contribution is -2.41. The number of hydrogen-bond donors (Lipinski definition) is 1. The second-order valence-electron chi connectivity index (χ2n) is 7.91. The summed E-state index contributed by atoms with van der Waals surface area (Å²) < 4.78 is 4.88. The van der Waals surface area contributed by atoms with Gasteiger partial charge in [0.25, 0.3) is 0 Å². The monoisotopic (exact) mass is 405 g/mol. The summed E-state index contributed by atoms with van der Waals surface area (Å²) in [6.45, 7) is 5.71. The molecule has 6 heteroatoms. The van der Waals surface area contributed by atoms with Crippen LogP contribution in [0.1, 0.15) is 57.4 Å². The first-order valence-electron chi connectivity index (χ1n) is 10.6. The van der Waals surface area contributed by atoms with Gasteiger partial charge in [-0.2, -0.15) is 0 Å². The molecule has 0 radical (unpaired) electrons. The number of carbonyl (C=O) groups is 1. The molecule has 0 spiro atoms. The number of likely N-dealkylation sites (tertiary alicyclic amines) is 1. The Morgan fingerprint density at radius 1 is 1.29 bits per heavy atom. The molecule has 1 aromatic heterocycles. The SMILES string of the molecule is CCOC(=O)/C=C/c1cnc(NC2CCN(CC3CCCCC3)CC2)c(Cl)c1. The molecule has 1 saturated heterocycles. The van der Waals surface area contributed by atoms with Gasteiger partial charge >= 0.3 is 5.97 Å². The van der Waals surface area contributed by atoms with Gasteiger partial charge in [0.15, 0.2) is 0 Å². The lowest BCUT2D eigenvalue weighted by atomic mass is 9.88. The van der Waals surface area contributed by atoms with Crippen LogP contribution in [0.3, 0.4) is 0 Å². The number of nitrogens with one attached hydrogen (secondary N) is 1. The fourth-order valence-electron chi connectivity index (χ4n) is 4.19. The van der Waals surface area contributed by atoms with Crippen LogP contribution in [-0.4, -0.2) is 48.1 Å². The zero-order chi connectivity index (χ0) is 19.8. The third-order valence-electron chi connectivity index (χ3n) is 5.73. The van der Waals surface area contributed by atoms with Crippen LogP contribution in [0.5, 0.6) is 0 Å². The number of piperidine rings is 1. The second kappa shape index (κ2) is 10.8. The van der Waals surface area contributed by atoms with Crippen molar-refractivity contribution >= 4 is 29.5 Å². The number of halogens is 1. The van der Waals surface area contributed by atoms with E-state index in [0.29, 0.717) is 17.7 Å². The topological polar surface area (TPSA) is 54.5 Å². The molecule has 154 valence electrons. The van der Waals surface area contributed by atoms with E-state index in [-0.39, 0.29) is 5.97 Å². The Labute approximate surface area is 173 Å². The predicted molar refractivity (Wildman–Crippen MR) is 115 cm³/mol. The molecule has 1 aromatic rings. The number of hydrogen-bond acceptors (Lipinski definition) is 5. The zero-order valence-electron chi connectivity index (χ0n) is 16.8. The van der Waals surface area contributed by atoms with Crippen molar-refractivity contribution in [2.75, 3.05) is 31.6 Å². The molecule has 1 saturated carbocycles. The average molecular weight is 406 g/mol. The number of rotatable bonds is 7. The summed E-state index contributed by atoms with van der Waals surface area (Å²) in [5.74, 6) is 1.27. The Hall–Kier alpha value is -1.59. The number of carbonyl (C=O) groups excluding carboxylic acids is 1. The molecule has 1 N–H and O–H groups in total. The molecule has 3 rings (SSSR count). The second-order valence-corrected chi connectivity index (χ2v) is 8.31. The number of anilines is 1. The summed E-state index contributed by atoms with van der Waals surface area (Å²) in [5, 5.41) is 4.08. The highest BCUT2D eigenvalue weighted by Crippen LogP contribution is 2.27. The molecule has 5 nitrogen and oxygen atoms in total. The van der Waals surface area contributed by atoms with Gasteiger partial charge in [-0.05, 0) is 56.2 Å². The van der Waals surface area contributed by atoms with E-state index in [0.717, 1.165) is 43.2 Å². The Balaban J connectivity index is 1.46. The molecule has 2 fully saturated rings. The van der Waals surface area contributed by atoms with E-state index in [2.05, 4.69) is 15.2 Å². The van der Waals surface area contributed by atoms with Gasteiger partial charge in [-0.3, -0.25) is 0 Å². The Morgan fingerprint density at radius 3 is 2.71 bits per heavy atom. The molecule has 2 heterocycles. The highest BCUT2D eigenvalue weighted by molar-refractivity contribution is 6.33. The van der Waals surface area contributed by atoms with Crippen molar-refractivity contribution in [3.05, 3.63) is 28.9 Å². The first-order chi connectivity index (χ1) is 13.6. The lowest BCUT2D eigenvalue weighted by molar-refractivity contribution is -0.137. The zero-order valence-corrected chi connectivity index (χ0v) is 17.6. The minimum absolute atomic E-state index is 0.360. The number of nitrogens with zero attached hydrogens (tertiary/aromatic N) is 2. The van der Waals surface area contributed by atoms with Gasteiger partial charge in [0.2, 0.25) is 0 Å². The molecule has 1 aliphatic heterocycles. The maximum Gasteiger partial charge on any atom is 0.330 e. The standard InChI is InChI=1S/C22H32ClN3O2/c1-2-28-21(27)9-8-18-14-20(23)22(24-15-18)25-19-10-12-26(13-11-19)16-17-6-4-3-5-7-17/h8-9,14-15,17,19H,2-7,10-13,16H2,1H3,(H,24,25)/b9-8+. The molecule has 0 amide bonds. The smallest absolute Gasteiger partial charge is 0.330 e. The van der Waals surface area contributed by atoms with E-state index in [9.17, 15) is 4.79 Å². The summed E-state index contributed by atoms with van der Waals surface area (Å²) in [6, 6.07) is 2.23. The molecule has 1 aliphatic carbocycles. The maximum absolute atomic E-state index is 11.4. The van der Waals surface area contributed by atoms with Gasteiger partial charge < -0.3 is 15.0 Å². The van der Waals surface area contributed by atoms with E-state index in [1.165, 1.54) is 44.7 Å². The van der Waals surface area contributed by atoms with Crippen LogP contribution < -0.4 is 5.32 Å². The Morgan fingerprint density at radius 2 is 2.04 bits per heavy atom. The molecule has 0 atom stereocenters. The van der Waals surface area contributed by atoms with Crippen molar-refractivity contribution in [2.45, 2.75) is 57.9 Å². The van der Waals surface area contributed by atoms with Crippen molar-refractivity contribution < 1.29 is 9.53 Å². The summed E-state index contributed by atoms with van der Waals surface area (Å²) in [4.78, 5) is 18.5. The molecule has 28 heavy (non-hydrogen) atoms. The van der Waals surface area contributed by atoms with Crippen LogP contribution in [0.15, 0.2) is 18.3 Å². The van der Waals surface area contributed by atoms with Crippen molar-refractivity contribution in [1.29, 1.82) is 0 Å². The number of pyridine rings is 1. The molecular formula is C22H32ClN3O2. The van der Waals surface area contributed by atoms with Crippen LogP contribution in [0.25, 0.3) is 6.08 Å². The van der Waals surface area contributed by atoms with Gasteiger partial charge in [-0.25, -0.2) is 9.78 Å². The van der Waals surface area contributed by atoms with Crippen LogP contribution >= 0.6 is 11.6 Å². The van der Waals surface area contributed by atoms with Gasteiger partial charge in [-0.1, -0.05) is 30.9 Å². The predicted octanol–water partition coefficient (Wildman–Crippen LogP) is 4.77. The van der Waals surface area contributed by atoms with Crippen molar-refractivity contribution in [3.63, 3.8) is 0 Å². The highest BCUT2D eigenvalue weighted by Gasteiger charge is 2.23. The molecule has 0 bridgehead atoms. The van der Waals surface area contributed by atoms with Gasteiger partial charge in [-0.15, -0.1) is 0 Å². The fraction of sp³-hybridized carbons (Fsp3) is 0.636. The Bertz CT molecular complexity index is 666. The first-order valence-corrected chi connectivity index (χ1v) is 11.0. The van der Waals surface area contributed by atoms with Crippen molar-refractivity contribution in [1.82, 2.24) is 9.88 Å². The van der Waals surface area contributed by atoms with E-state index in [1.54, 1.807) is 19.2 Å². The van der Waals surface area contributed by atoms with Gasteiger partial charge in [0.1, 0.15) is 5.82 Å². The summed E-state index contributed by atoms with van der Waals surface area (Å²) in [7, 11) is 0. The van der Waals surface area contributed by atoms with Crippen LogP contribution in [0.4, 0.5) is 5.82 Å². The summed E-state index contributed by atoms with van der Waals surface area (Å²) in [5.41, 5.74) is 0.783. The minimum Gasteiger partial charge on any atom is -0.463 e. The third-order valence-corrected chi connectivity index (χ3v) is 6.02. The maximum atomic E-state index is 11.4. The number of ether oxygens (including phenoxy) is 1. The van der Waals surface area contributed by atoms with E-state index < -0.39 is 0 Å². The van der Waals surface area contributed by atoms with E-state index in [1.807, 2.05) is 6.07 Å². The van der Waals surface area contributed by atoms with Crippen LogP contribution in [0.2, 0.25) is 5.02 Å². The first kappa shape index (κ1) is 21.1. The van der Waals surface area contributed by atoms with Crippen molar-refractivity contribution in [2.24, 2.45) is 5.92 Å². The summed E-state index contributed by atoms with van der Waals surface area (Å²) >= 11 is 6.40. The Kier molecular flexibility index (Phi) is 8.16. The summed E-state index contributed by atoms with van der Waals surface area (Å²) in [6.07, 6.45) is 14.1. The van der Waals surface area contributed by atoms with Gasteiger partial charge in [0, 0.05) is 37.9 Å². The quantitative estimate of drug-likeness (QED) is 0.523. The molecular weight excluding hydrogens is 374 g/mol. The molecule has 2 aliphatic rings. The normalized spacial score (nSPS) is 19.8. The van der Waals surface area contributed by atoms with Crippen LogP contribution in [0, 0.1) is 5.92 Å². The van der Waals surface area contributed by atoms with Gasteiger partial charge in [0.05, 0.1) is 11.6 Å². The third kappa shape index (κ3) is 6.49. The van der Waals surface area contributed by atoms with E-state index in [4.69, 9.17) is 16.3 Å². The van der Waals surface area contributed by atoms with Crippen molar-refractivity contribution in [3.8, 4) is 0 Å². The lowest BCUT2D eigenvalue weighted by Gasteiger charge is -2.35.